The average molecular weight is 492 g/mol. The number of aromatic nitrogens is 1. The number of carbonyl (C=O) groups is 2. The second-order valence-electron chi connectivity index (χ2n) is 8.96. The van der Waals surface area contributed by atoms with Crippen molar-refractivity contribution in [1.29, 1.82) is 0 Å². The summed E-state index contributed by atoms with van der Waals surface area (Å²) in [5, 5.41) is 11.7. The first-order valence-electron chi connectivity index (χ1n) is 11.4. The zero-order valence-corrected chi connectivity index (χ0v) is 21.5. The second kappa shape index (κ2) is 9.54. The van der Waals surface area contributed by atoms with Gasteiger partial charge in [-0.2, -0.15) is 0 Å². The predicted octanol–water partition coefficient (Wildman–Crippen LogP) is 5.40. The fourth-order valence-corrected chi connectivity index (χ4v) is 5.07. The first-order valence-corrected chi connectivity index (χ1v) is 12.2. The molecule has 1 aromatic heterocycles. The van der Waals surface area contributed by atoms with Crippen LogP contribution in [0.5, 0.6) is 5.75 Å². The molecule has 8 heteroatoms. The number of rotatable bonds is 7. The van der Waals surface area contributed by atoms with Crippen molar-refractivity contribution in [3.8, 4) is 5.75 Å². The molecule has 0 saturated carbocycles. The fourth-order valence-electron chi connectivity index (χ4n) is 4.20. The van der Waals surface area contributed by atoms with E-state index >= 15 is 0 Å². The number of ether oxygens (including phenoxy) is 1. The Morgan fingerprint density at radius 2 is 1.71 bits per heavy atom. The van der Waals surface area contributed by atoms with Crippen LogP contribution >= 0.6 is 11.3 Å². The van der Waals surface area contributed by atoms with Gasteiger partial charge in [0, 0.05) is 25.5 Å². The zero-order chi connectivity index (χ0) is 25.4. The Morgan fingerprint density at radius 3 is 2.23 bits per heavy atom. The fraction of sp³-hybridized carbons (Fsp3) is 0.296. The van der Waals surface area contributed by atoms with Crippen LogP contribution in [0.3, 0.4) is 0 Å². The first-order chi connectivity index (χ1) is 16.6. The summed E-state index contributed by atoms with van der Waals surface area (Å²) in [5.74, 6) is -0.870. The van der Waals surface area contributed by atoms with E-state index in [0.717, 1.165) is 16.3 Å². The smallest absolute Gasteiger partial charge is 0.294 e. The van der Waals surface area contributed by atoms with E-state index in [0.29, 0.717) is 22.0 Å². The molecule has 1 unspecified atom stereocenters. The third-order valence-corrected chi connectivity index (χ3v) is 6.85. The standard InChI is InChI=1S/C27H29N3O4S/c1-15(2)34-21-13-11-20(12-14-21)30-23(18-7-9-19(10-8-18)29(5)6)22(25(32)27(30)33)24(31)26-16(3)28-17(4)35-26/h7-15,23,32H,1-6H3. The maximum atomic E-state index is 13.7. The molecule has 0 fully saturated rings. The summed E-state index contributed by atoms with van der Waals surface area (Å²) >= 11 is 1.26. The summed E-state index contributed by atoms with van der Waals surface area (Å²) in [4.78, 5) is 35.3. The molecule has 1 aliphatic heterocycles. The highest BCUT2D eigenvalue weighted by molar-refractivity contribution is 7.14. The van der Waals surface area contributed by atoms with Crippen molar-refractivity contribution in [2.24, 2.45) is 0 Å². The molecule has 1 N–H and O–H groups in total. The first kappa shape index (κ1) is 24.5. The molecule has 182 valence electrons. The number of Topliss-reactive ketones (excluding diaryl/α,β-unsaturated/α-hetero) is 1. The van der Waals surface area contributed by atoms with Gasteiger partial charge in [-0.15, -0.1) is 11.3 Å². The molecule has 2 aromatic carbocycles. The minimum absolute atomic E-state index is 0.0123. The Balaban J connectivity index is 1.82. The van der Waals surface area contributed by atoms with Crippen LogP contribution in [0.4, 0.5) is 11.4 Å². The van der Waals surface area contributed by atoms with Gasteiger partial charge in [-0.25, -0.2) is 4.98 Å². The summed E-state index contributed by atoms with van der Waals surface area (Å²) in [7, 11) is 3.88. The van der Waals surface area contributed by atoms with E-state index in [1.54, 1.807) is 31.2 Å². The van der Waals surface area contributed by atoms with Gasteiger partial charge >= 0.3 is 0 Å². The molecular weight excluding hydrogens is 462 g/mol. The largest absolute Gasteiger partial charge is 0.503 e. The molecule has 0 bridgehead atoms. The number of hydrogen-bond acceptors (Lipinski definition) is 7. The second-order valence-corrected chi connectivity index (χ2v) is 10.2. The van der Waals surface area contributed by atoms with E-state index < -0.39 is 17.7 Å². The third-order valence-electron chi connectivity index (χ3n) is 5.77. The molecular formula is C27H29N3O4S. The lowest BCUT2D eigenvalue weighted by Crippen LogP contribution is -2.31. The highest BCUT2D eigenvalue weighted by Crippen LogP contribution is 2.43. The van der Waals surface area contributed by atoms with Crippen LogP contribution in [0.25, 0.3) is 0 Å². The molecule has 1 aliphatic rings. The Morgan fingerprint density at radius 1 is 1.09 bits per heavy atom. The van der Waals surface area contributed by atoms with Crippen LogP contribution in [-0.2, 0) is 4.79 Å². The average Bonchev–Trinajstić information content (AvgIpc) is 3.29. The molecule has 0 aliphatic carbocycles. The SMILES string of the molecule is Cc1nc(C)c(C(=O)C2=C(O)C(=O)N(c3ccc(OC(C)C)cc3)C2c2ccc(N(C)C)cc2)s1. The highest BCUT2D eigenvalue weighted by Gasteiger charge is 2.45. The number of ketones is 1. The van der Waals surface area contributed by atoms with Gasteiger partial charge in [-0.05, 0) is 69.7 Å². The van der Waals surface area contributed by atoms with Gasteiger partial charge < -0.3 is 14.7 Å². The van der Waals surface area contributed by atoms with Crippen molar-refractivity contribution in [2.45, 2.75) is 39.8 Å². The minimum Gasteiger partial charge on any atom is -0.503 e. The molecule has 7 nitrogen and oxygen atoms in total. The monoisotopic (exact) mass is 491 g/mol. The molecule has 1 atom stereocenters. The van der Waals surface area contributed by atoms with Gasteiger partial charge in [-0.1, -0.05) is 12.1 Å². The molecule has 2 heterocycles. The van der Waals surface area contributed by atoms with Gasteiger partial charge in [0.05, 0.1) is 33.3 Å². The lowest BCUT2D eigenvalue weighted by Gasteiger charge is -2.27. The molecule has 0 saturated heterocycles. The van der Waals surface area contributed by atoms with Crippen LogP contribution in [0.1, 0.15) is 45.8 Å². The maximum Gasteiger partial charge on any atom is 0.294 e. The van der Waals surface area contributed by atoms with Crippen molar-refractivity contribution in [1.82, 2.24) is 4.98 Å². The Hall–Kier alpha value is -3.65. The van der Waals surface area contributed by atoms with Gasteiger partial charge in [-0.3, -0.25) is 14.5 Å². The number of hydrogen-bond donors (Lipinski definition) is 1. The van der Waals surface area contributed by atoms with Gasteiger partial charge in [0.15, 0.2) is 5.76 Å². The number of benzene rings is 2. The number of nitrogens with zero attached hydrogens (tertiary/aromatic N) is 3. The van der Waals surface area contributed by atoms with Gasteiger partial charge in [0.25, 0.3) is 5.91 Å². The van der Waals surface area contributed by atoms with E-state index in [4.69, 9.17) is 4.74 Å². The molecule has 0 radical (unpaired) electrons. The number of anilines is 2. The van der Waals surface area contributed by atoms with E-state index in [-0.39, 0.29) is 17.5 Å². The van der Waals surface area contributed by atoms with Crippen LogP contribution in [0, 0.1) is 13.8 Å². The van der Waals surface area contributed by atoms with Crippen molar-refractivity contribution in [2.75, 3.05) is 23.9 Å². The molecule has 1 amide bonds. The molecule has 4 rings (SSSR count). The molecule has 35 heavy (non-hydrogen) atoms. The van der Waals surface area contributed by atoms with Crippen LogP contribution in [-0.4, -0.2) is 42.0 Å². The Labute approximate surface area is 209 Å². The van der Waals surface area contributed by atoms with E-state index in [9.17, 15) is 14.7 Å². The molecule has 0 spiro atoms. The summed E-state index contributed by atoms with van der Waals surface area (Å²) in [6.45, 7) is 7.47. The predicted molar refractivity (Wildman–Crippen MR) is 139 cm³/mol. The van der Waals surface area contributed by atoms with Crippen molar-refractivity contribution < 1.29 is 19.4 Å². The van der Waals surface area contributed by atoms with Crippen molar-refractivity contribution in [3.05, 3.63) is 81.0 Å². The van der Waals surface area contributed by atoms with Crippen LogP contribution < -0.4 is 14.5 Å². The lowest BCUT2D eigenvalue weighted by molar-refractivity contribution is -0.117. The molecule has 3 aromatic rings. The number of amides is 1. The maximum absolute atomic E-state index is 13.7. The number of thiazole rings is 1. The van der Waals surface area contributed by atoms with Gasteiger partial charge in [0.2, 0.25) is 5.78 Å². The summed E-state index contributed by atoms with van der Waals surface area (Å²) in [6.07, 6.45) is 0.0123. The van der Waals surface area contributed by atoms with E-state index in [2.05, 4.69) is 4.98 Å². The van der Waals surface area contributed by atoms with Gasteiger partial charge in [0.1, 0.15) is 5.75 Å². The normalized spacial score (nSPS) is 15.8. The number of carbonyl (C=O) groups excluding carboxylic acids is 2. The van der Waals surface area contributed by atoms with E-state index in [1.807, 2.05) is 64.0 Å². The quantitative estimate of drug-likeness (QED) is 0.446. The number of aliphatic hydroxyl groups excluding tert-OH is 1. The van der Waals surface area contributed by atoms with Crippen LogP contribution in [0.2, 0.25) is 0 Å². The highest BCUT2D eigenvalue weighted by atomic mass is 32.1. The Kier molecular flexibility index (Phi) is 6.67. The third kappa shape index (κ3) is 4.66. The lowest BCUT2D eigenvalue weighted by atomic mass is 9.94. The summed E-state index contributed by atoms with van der Waals surface area (Å²) < 4.78 is 5.73. The number of aryl methyl sites for hydroxylation is 2. The zero-order valence-electron chi connectivity index (χ0n) is 20.7. The van der Waals surface area contributed by atoms with Crippen molar-refractivity contribution >= 4 is 34.4 Å². The van der Waals surface area contributed by atoms with Crippen LogP contribution in [0.15, 0.2) is 59.9 Å². The summed E-state index contributed by atoms with van der Waals surface area (Å²) in [6, 6.07) is 13.9. The number of aliphatic hydroxyl groups is 1. The van der Waals surface area contributed by atoms with E-state index in [1.165, 1.54) is 16.2 Å². The van der Waals surface area contributed by atoms with Crippen molar-refractivity contribution in [3.63, 3.8) is 0 Å². The topological polar surface area (TPSA) is 83.0 Å². The minimum atomic E-state index is -0.787. The summed E-state index contributed by atoms with van der Waals surface area (Å²) in [5.41, 5.74) is 2.90. The Bertz CT molecular complexity index is 1290.